The Morgan fingerprint density at radius 2 is 2.00 bits per heavy atom. The van der Waals surface area contributed by atoms with Crippen molar-refractivity contribution in [1.82, 2.24) is 14.8 Å². The lowest BCUT2D eigenvalue weighted by Crippen LogP contribution is -2.26. The second-order valence-corrected chi connectivity index (χ2v) is 6.96. The molecule has 0 radical (unpaired) electrons. The highest BCUT2D eigenvalue weighted by atomic mass is 32.2. The molecule has 96 valence electrons. The van der Waals surface area contributed by atoms with Crippen molar-refractivity contribution in [3.8, 4) is 0 Å². The van der Waals surface area contributed by atoms with Gasteiger partial charge in [-0.1, -0.05) is 0 Å². The average Bonchev–Trinajstić information content (AvgIpc) is 2.72. The molecule has 6 nitrogen and oxygen atoms in total. The smallest absolute Gasteiger partial charge is 0.158 e. The van der Waals surface area contributed by atoms with Crippen LogP contribution in [0.25, 0.3) is 11.0 Å². The molecule has 2 N–H and O–H groups in total. The van der Waals surface area contributed by atoms with Crippen molar-refractivity contribution in [3.63, 3.8) is 0 Å². The lowest BCUT2D eigenvalue weighted by atomic mass is 10.1. The van der Waals surface area contributed by atoms with Crippen LogP contribution in [0.5, 0.6) is 0 Å². The minimum atomic E-state index is -2.85. The zero-order chi connectivity index (χ0) is 12.8. The van der Waals surface area contributed by atoms with Crippen molar-refractivity contribution in [2.24, 2.45) is 0 Å². The zero-order valence-electron chi connectivity index (χ0n) is 9.78. The molecule has 0 spiro atoms. The van der Waals surface area contributed by atoms with Crippen LogP contribution in [0.3, 0.4) is 0 Å². The SMILES string of the molecule is Nc1cnc2c(cnn2C2CCS(=O)(=O)CC2)c1. The Kier molecular flexibility index (Phi) is 2.51. The third-order valence-electron chi connectivity index (χ3n) is 3.32. The summed E-state index contributed by atoms with van der Waals surface area (Å²) in [5, 5.41) is 5.20. The summed E-state index contributed by atoms with van der Waals surface area (Å²) in [6.07, 6.45) is 4.53. The van der Waals surface area contributed by atoms with Gasteiger partial charge < -0.3 is 5.73 Å². The van der Waals surface area contributed by atoms with Gasteiger partial charge in [0.05, 0.1) is 35.6 Å². The summed E-state index contributed by atoms with van der Waals surface area (Å²) in [6, 6.07) is 1.94. The van der Waals surface area contributed by atoms with E-state index in [4.69, 9.17) is 5.73 Å². The van der Waals surface area contributed by atoms with Gasteiger partial charge in [-0.25, -0.2) is 18.1 Å². The predicted molar refractivity (Wildman–Crippen MR) is 68.9 cm³/mol. The average molecular weight is 266 g/mol. The molecule has 0 bridgehead atoms. The summed E-state index contributed by atoms with van der Waals surface area (Å²) in [4.78, 5) is 4.28. The van der Waals surface area contributed by atoms with Crippen LogP contribution in [0, 0.1) is 0 Å². The molecule has 1 fully saturated rings. The van der Waals surface area contributed by atoms with E-state index in [2.05, 4.69) is 10.1 Å². The number of nitrogens with zero attached hydrogens (tertiary/aromatic N) is 3. The van der Waals surface area contributed by atoms with Gasteiger partial charge in [0.1, 0.15) is 9.84 Å². The summed E-state index contributed by atoms with van der Waals surface area (Å²) in [5.41, 5.74) is 7.04. The highest BCUT2D eigenvalue weighted by molar-refractivity contribution is 7.91. The van der Waals surface area contributed by atoms with E-state index < -0.39 is 9.84 Å². The van der Waals surface area contributed by atoms with E-state index >= 15 is 0 Å². The van der Waals surface area contributed by atoms with Gasteiger partial charge in [-0.05, 0) is 18.9 Å². The Balaban J connectivity index is 1.96. The molecule has 0 unspecified atom stereocenters. The van der Waals surface area contributed by atoms with E-state index in [9.17, 15) is 8.42 Å². The maximum absolute atomic E-state index is 11.4. The lowest BCUT2D eigenvalue weighted by Gasteiger charge is -2.22. The Labute approximate surface area is 105 Å². The molecular formula is C11H14N4O2S. The number of fused-ring (bicyclic) bond motifs is 1. The number of nitrogens with two attached hydrogens (primary N) is 1. The van der Waals surface area contributed by atoms with Gasteiger partial charge in [-0.2, -0.15) is 5.10 Å². The molecule has 3 heterocycles. The first kappa shape index (κ1) is 11.5. The van der Waals surface area contributed by atoms with Crippen molar-refractivity contribution < 1.29 is 8.42 Å². The van der Waals surface area contributed by atoms with Crippen LogP contribution in [0.15, 0.2) is 18.5 Å². The van der Waals surface area contributed by atoms with Crippen molar-refractivity contribution in [3.05, 3.63) is 18.5 Å². The molecule has 2 aromatic heterocycles. The first-order valence-corrected chi connectivity index (χ1v) is 7.66. The molecule has 3 rings (SSSR count). The number of nitrogen functional groups attached to an aromatic ring is 1. The minimum absolute atomic E-state index is 0.113. The van der Waals surface area contributed by atoms with Crippen molar-refractivity contribution in [1.29, 1.82) is 0 Å². The van der Waals surface area contributed by atoms with Gasteiger partial charge in [0.15, 0.2) is 5.65 Å². The van der Waals surface area contributed by atoms with Crippen LogP contribution < -0.4 is 5.73 Å². The Morgan fingerprint density at radius 3 is 2.72 bits per heavy atom. The van der Waals surface area contributed by atoms with Gasteiger partial charge in [-0.3, -0.25) is 0 Å². The number of hydrogen-bond acceptors (Lipinski definition) is 5. The lowest BCUT2D eigenvalue weighted by molar-refractivity contribution is 0.422. The fourth-order valence-electron chi connectivity index (χ4n) is 2.35. The molecule has 0 saturated carbocycles. The summed E-state index contributed by atoms with van der Waals surface area (Å²) >= 11 is 0. The fourth-order valence-corrected chi connectivity index (χ4v) is 3.81. The van der Waals surface area contributed by atoms with Crippen LogP contribution in [-0.2, 0) is 9.84 Å². The monoisotopic (exact) mass is 266 g/mol. The van der Waals surface area contributed by atoms with Crippen molar-refractivity contribution >= 4 is 26.6 Å². The topological polar surface area (TPSA) is 90.9 Å². The molecule has 18 heavy (non-hydrogen) atoms. The maximum Gasteiger partial charge on any atom is 0.158 e. The quantitative estimate of drug-likeness (QED) is 0.823. The molecule has 1 aliphatic rings. The largest absolute Gasteiger partial charge is 0.397 e. The van der Waals surface area contributed by atoms with Crippen LogP contribution in [0.1, 0.15) is 18.9 Å². The van der Waals surface area contributed by atoms with Crippen LogP contribution in [0.2, 0.25) is 0 Å². The van der Waals surface area contributed by atoms with E-state index in [-0.39, 0.29) is 17.5 Å². The van der Waals surface area contributed by atoms with Crippen molar-refractivity contribution in [2.75, 3.05) is 17.2 Å². The molecule has 2 aromatic rings. The summed E-state index contributed by atoms with van der Waals surface area (Å²) in [5.74, 6) is 0.460. The molecule has 1 aliphatic heterocycles. The second-order valence-electron chi connectivity index (χ2n) is 4.65. The number of anilines is 1. The molecule has 7 heteroatoms. The first-order chi connectivity index (χ1) is 8.55. The van der Waals surface area contributed by atoms with Crippen LogP contribution in [0.4, 0.5) is 5.69 Å². The van der Waals surface area contributed by atoms with Gasteiger partial charge in [0, 0.05) is 5.39 Å². The highest BCUT2D eigenvalue weighted by Crippen LogP contribution is 2.26. The molecule has 0 atom stereocenters. The maximum atomic E-state index is 11.4. The predicted octanol–water partition coefficient (Wildman–Crippen LogP) is 0.763. The van der Waals surface area contributed by atoms with Gasteiger partial charge >= 0.3 is 0 Å². The van der Waals surface area contributed by atoms with Gasteiger partial charge in [0.2, 0.25) is 0 Å². The minimum Gasteiger partial charge on any atom is -0.397 e. The Bertz CT molecular complexity index is 678. The third-order valence-corrected chi connectivity index (χ3v) is 5.04. The molecule has 0 aromatic carbocycles. The van der Waals surface area contributed by atoms with E-state index in [0.717, 1.165) is 11.0 Å². The first-order valence-electron chi connectivity index (χ1n) is 5.84. The van der Waals surface area contributed by atoms with Gasteiger partial charge in [0.25, 0.3) is 0 Å². The molecule has 0 aliphatic carbocycles. The Hall–Kier alpha value is -1.63. The Morgan fingerprint density at radius 1 is 1.28 bits per heavy atom. The van der Waals surface area contributed by atoms with E-state index in [0.29, 0.717) is 18.5 Å². The zero-order valence-corrected chi connectivity index (χ0v) is 10.6. The number of hydrogen-bond donors (Lipinski definition) is 1. The number of rotatable bonds is 1. The number of sulfone groups is 1. The second kappa shape index (κ2) is 3.94. The number of aromatic nitrogens is 3. The normalized spacial score (nSPS) is 20.2. The summed E-state index contributed by atoms with van der Waals surface area (Å²) in [7, 11) is -2.85. The summed E-state index contributed by atoms with van der Waals surface area (Å²) < 4.78 is 24.6. The van der Waals surface area contributed by atoms with E-state index in [1.807, 2.05) is 10.7 Å². The van der Waals surface area contributed by atoms with Crippen molar-refractivity contribution in [2.45, 2.75) is 18.9 Å². The molecular weight excluding hydrogens is 252 g/mol. The molecule has 0 amide bonds. The third kappa shape index (κ3) is 1.94. The van der Waals surface area contributed by atoms with E-state index in [1.54, 1.807) is 12.4 Å². The molecule has 1 saturated heterocycles. The summed E-state index contributed by atoms with van der Waals surface area (Å²) in [6.45, 7) is 0. The highest BCUT2D eigenvalue weighted by Gasteiger charge is 2.26. The standard InChI is InChI=1S/C11H14N4O2S/c12-9-5-8-6-14-15(11(8)13-7-9)10-1-3-18(16,17)4-2-10/h5-7,10H,1-4,12H2. The van der Waals surface area contributed by atoms with E-state index in [1.165, 1.54) is 0 Å². The van der Waals surface area contributed by atoms with Crippen LogP contribution in [-0.4, -0.2) is 34.7 Å². The fraction of sp³-hybridized carbons (Fsp3) is 0.455. The number of pyridine rings is 1. The van der Waals surface area contributed by atoms with Gasteiger partial charge in [-0.15, -0.1) is 0 Å². The van der Waals surface area contributed by atoms with Crippen LogP contribution >= 0.6 is 0 Å².